The van der Waals surface area contributed by atoms with E-state index in [1.165, 1.54) is 0 Å². The lowest BCUT2D eigenvalue weighted by Crippen LogP contribution is -2.54. The van der Waals surface area contributed by atoms with Gasteiger partial charge in [-0.2, -0.15) is 0 Å². The Hall–Kier alpha value is -3.19. The summed E-state index contributed by atoms with van der Waals surface area (Å²) in [7, 11) is 0. The van der Waals surface area contributed by atoms with Gasteiger partial charge in [-0.05, 0) is 35.4 Å². The number of rotatable bonds is 8. The first-order chi connectivity index (χ1) is 16.0. The van der Waals surface area contributed by atoms with Crippen molar-refractivity contribution >= 4 is 17.8 Å². The molecular weight excluding hydrogens is 418 g/mol. The Balaban J connectivity index is 1.23. The zero-order valence-electron chi connectivity index (χ0n) is 19.0. The van der Waals surface area contributed by atoms with E-state index in [1.807, 2.05) is 61.5 Å². The third kappa shape index (κ3) is 5.25. The minimum atomic E-state index is -0.839. The molecule has 7 nitrogen and oxygen atoms in total. The molecular formula is C26H31N3O4. The van der Waals surface area contributed by atoms with Crippen molar-refractivity contribution in [3.8, 4) is 0 Å². The van der Waals surface area contributed by atoms with Gasteiger partial charge in [0, 0.05) is 6.54 Å². The number of amides is 4. The fourth-order valence-electron chi connectivity index (χ4n) is 4.65. The van der Waals surface area contributed by atoms with E-state index in [-0.39, 0.29) is 24.3 Å². The lowest BCUT2D eigenvalue weighted by molar-refractivity contribution is -0.137. The molecule has 174 valence electrons. The molecule has 1 saturated carbocycles. The Morgan fingerprint density at radius 3 is 2.39 bits per heavy atom. The highest BCUT2D eigenvalue weighted by Crippen LogP contribution is 2.38. The summed E-state index contributed by atoms with van der Waals surface area (Å²) in [5.74, 6) is -0.546. The number of carbonyl (C=O) groups is 3. The van der Waals surface area contributed by atoms with Gasteiger partial charge in [-0.25, -0.2) is 4.79 Å². The molecule has 1 aliphatic carbocycles. The highest BCUT2D eigenvalue weighted by molar-refractivity contribution is 6.09. The molecule has 2 aromatic rings. The monoisotopic (exact) mass is 449 g/mol. The number of hydrogen-bond acceptors (Lipinski definition) is 4. The van der Waals surface area contributed by atoms with E-state index in [0.29, 0.717) is 26.2 Å². The minimum absolute atomic E-state index is 0.0750. The molecule has 7 heteroatoms. The topological polar surface area (TPSA) is 87.7 Å². The van der Waals surface area contributed by atoms with Gasteiger partial charge in [0.05, 0.1) is 13.2 Å². The third-order valence-electron chi connectivity index (χ3n) is 6.70. The van der Waals surface area contributed by atoms with Crippen molar-refractivity contribution < 1.29 is 19.1 Å². The summed E-state index contributed by atoms with van der Waals surface area (Å²) in [6.07, 6.45) is 3.51. The molecule has 0 bridgehead atoms. The first kappa shape index (κ1) is 23.0. The van der Waals surface area contributed by atoms with E-state index >= 15 is 0 Å². The largest absolute Gasteiger partial charge is 0.372 e. The van der Waals surface area contributed by atoms with Crippen LogP contribution in [0.2, 0.25) is 0 Å². The molecule has 1 aliphatic heterocycles. The lowest BCUT2D eigenvalue weighted by atomic mass is 9.73. The Morgan fingerprint density at radius 1 is 1.03 bits per heavy atom. The third-order valence-corrected chi connectivity index (χ3v) is 6.70. The van der Waals surface area contributed by atoms with Crippen LogP contribution in [0.4, 0.5) is 4.79 Å². The van der Waals surface area contributed by atoms with E-state index in [4.69, 9.17) is 4.74 Å². The quantitative estimate of drug-likeness (QED) is 0.604. The van der Waals surface area contributed by atoms with Crippen LogP contribution in [-0.4, -0.2) is 34.8 Å². The highest BCUT2D eigenvalue weighted by atomic mass is 16.5. The molecule has 0 aromatic heterocycles. The van der Waals surface area contributed by atoms with Gasteiger partial charge in [-0.3, -0.25) is 14.5 Å². The van der Waals surface area contributed by atoms with Gasteiger partial charge in [0.2, 0.25) is 5.91 Å². The summed E-state index contributed by atoms with van der Waals surface area (Å²) in [6.45, 7) is 3.13. The number of carbonyl (C=O) groups excluding carboxylic acids is 3. The standard InChI is InChI=1S/C26H31N3O4/c1-19-7-5-6-14-26(19)24(31)29(25(32)28-26)16-23(30)27-15-20-10-12-22(13-11-20)18-33-17-21-8-3-2-4-9-21/h2-4,8-13,19H,5-7,14-18H2,1H3,(H,27,30)(H,28,32). The van der Waals surface area contributed by atoms with Crippen molar-refractivity contribution in [2.45, 2.75) is 57.9 Å². The molecule has 0 radical (unpaired) electrons. The average Bonchev–Trinajstić information content (AvgIpc) is 3.06. The van der Waals surface area contributed by atoms with Crippen molar-refractivity contribution in [1.29, 1.82) is 0 Å². The molecule has 2 N–H and O–H groups in total. The first-order valence-corrected chi connectivity index (χ1v) is 11.6. The number of urea groups is 1. The maximum atomic E-state index is 13.0. The van der Waals surface area contributed by atoms with Gasteiger partial charge in [0.25, 0.3) is 5.91 Å². The van der Waals surface area contributed by atoms with Crippen molar-refractivity contribution in [3.63, 3.8) is 0 Å². The van der Waals surface area contributed by atoms with E-state index in [0.717, 1.165) is 40.9 Å². The number of hydrogen-bond donors (Lipinski definition) is 2. The fraction of sp³-hybridized carbons (Fsp3) is 0.423. The smallest absolute Gasteiger partial charge is 0.325 e. The molecule has 2 unspecified atom stereocenters. The second kappa shape index (κ2) is 10.2. The summed E-state index contributed by atoms with van der Waals surface area (Å²) < 4.78 is 5.75. The van der Waals surface area contributed by atoms with Crippen LogP contribution in [0.15, 0.2) is 54.6 Å². The predicted octanol–water partition coefficient (Wildman–Crippen LogP) is 3.52. The van der Waals surface area contributed by atoms with Crippen LogP contribution in [-0.2, 0) is 34.1 Å². The Kier molecular flexibility index (Phi) is 7.08. The van der Waals surface area contributed by atoms with E-state index in [2.05, 4.69) is 10.6 Å². The Labute approximate surface area is 194 Å². The molecule has 4 amide bonds. The van der Waals surface area contributed by atoms with Crippen LogP contribution in [0.25, 0.3) is 0 Å². The zero-order chi connectivity index (χ0) is 23.3. The summed E-state index contributed by atoms with van der Waals surface area (Å²) in [6, 6.07) is 17.4. The van der Waals surface area contributed by atoms with E-state index < -0.39 is 11.6 Å². The number of nitrogens with one attached hydrogen (secondary N) is 2. The van der Waals surface area contributed by atoms with E-state index in [1.54, 1.807) is 0 Å². The molecule has 1 heterocycles. The van der Waals surface area contributed by atoms with Crippen LogP contribution < -0.4 is 10.6 Å². The van der Waals surface area contributed by atoms with Crippen molar-refractivity contribution in [2.75, 3.05) is 6.54 Å². The minimum Gasteiger partial charge on any atom is -0.372 e. The summed E-state index contributed by atoms with van der Waals surface area (Å²) in [4.78, 5) is 38.9. The van der Waals surface area contributed by atoms with Crippen LogP contribution in [0.5, 0.6) is 0 Å². The summed E-state index contributed by atoms with van der Waals surface area (Å²) in [5, 5.41) is 5.69. The molecule has 1 spiro atoms. The van der Waals surface area contributed by atoms with Crippen molar-refractivity contribution in [1.82, 2.24) is 15.5 Å². The number of benzene rings is 2. The summed E-state index contributed by atoms with van der Waals surface area (Å²) in [5.41, 5.74) is 2.27. The van der Waals surface area contributed by atoms with Gasteiger partial charge in [-0.15, -0.1) is 0 Å². The lowest BCUT2D eigenvalue weighted by Gasteiger charge is -2.36. The molecule has 4 rings (SSSR count). The highest BCUT2D eigenvalue weighted by Gasteiger charge is 2.55. The van der Waals surface area contributed by atoms with Gasteiger partial charge in [-0.1, -0.05) is 74.4 Å². The number of ether oxygens (including phenoxy) is 1. The Bertz CT molecular complexity index is 992. The van der Waals surface area contributed by atoms with Gasteiger partial charge < -0.3 is 15.4 Å². The van der Waals surface area contributed by atoms with Gasteiger partial charge >= 0.3 is 6.03 Å². The molecule has 2 aliphatic rings. The van der Waals surface area contributed by atoms with Crippen LogP contribution in [0.1, 0.15) is 49.3 Å². The fourth-order valence-corrected chi connectivity index (χ4v) is 4.65. The molecule has 2 fully saturated rings. The second-order valence-corrected chi connectivity index (χ2v) is 9.01. The van der Waals surface area contributed by atoms with Gasteiger partial charge in [0.1, 0.15) is 12.1 Å². The van der Waals surface area contributed by atoms with Crippen LogP contribution >= 0.6 is 0 Å². The molecule has 2 atom stereocenters. The first-order valence-electron chi connectivity index (χ1n) is 11.6. The number of nitrogens with zero attached hydrogens (tertiary/aromatic N) is 1. The predicted molar refractivity (Wildman–Crippen MR) is 124 cm³/mol. The molecule has 33 heavy (non-hydrogen) atoms. The SMILES string of the molecule is CC1CCCCC12NC(=O)N(CC(=O)NCc1ccc(COCc3ccccc3)cc1)C2=O. The molecule has 2 aromatic carbocycles. The number of imide groups is 1. The summed E-state index contributed by atoms with van der Waals surface area (Å²) >= 11 is 0. The average molecular weight is 450 g/mol. The normalized spacial score (nSPS) is 22.5. The second-order valence-electron chi connectivity index (χ2n) is 9.01. The Morgan fingerprint density at radius 2 is 1.70 bits per heavy atom. The van der Waals surface area contributed by atoms with Crippen LogP contribution in [0, 0.1) is 5.92 Å². The van der Waals surface area contributed by atoms with Crippen LogP contribution in [0.3, 0.4) is 0 Å². The van der Waals surface area contributed by atoms with Gasteiger partial charge in [0.15, 0.2) is 0 Å². The van der Waals surface area contributed by atoms with E-state index in [9.17, 15) is 14.4 Å². The van der Waals surface area contributed by atoms with Crippen molar-refractivity contribution in [2.24, 2.45) is 5.92 Å². The maximum Gasteiger partial charge on any atom is 0.325 e. The maximum absolute atomic E-state index is 13.0. The zero-order valence-corrected chi connectivity index (χ0v) is 19.0. The molecule has 1 saturated heterocycles. The van der Waals surface area contributed by atoms with Crippen molar-refractivity contribution in [3.05, 3.63) is 71.3 Å².